The Bertz CT molecular complexity index is 1130. The third-order valence-corrected chi connectivity index (χ3v) is 5.42. The standard InChI is InChI=1S/C25H25F3N4O3/c1-2-3-17(12-21-9-6-18(13-30-21)24(35)29-11-10-22(33)34)19-14-31-23(32-15-19)16-4-7-20(8-5-16)25(26,27)28/h4-9,13-15,17H,2-3,10-12H2,1H3,(H,29,35)(H,33,34)/t17-/m0/s1. The van der Waals surface area contributed by atoms with Crippen LogP contribution in [0.1, 0.15) is 59.3 Å². The van der Waals surface area contributed by atoms with Gasteiger partial charge in [0.05, 0.1) is 17.5 Å². The molecule has 0 bridgehead atoms. The van der Waals surface area contributed by atoms with Crippen molar-refractivity contribution in [1.29, 1.82) is 0 Å². The summed E-state index contributed by atoms with van der Waals surface area (Å²) in [5.74, 6) is -0.960. The number of benzene rings is 1. The minimum Gasteiger partial charge on any atom is -0.481 e. The quantitative estimate of drug-likeness (QED) is 0.423. The molecule has 10 heteroatoms. The van der Waals surface area contributed by atoms with Gasteiger partial charge in [0.15, 0.2) is 5.82 Å². The smallest absolute Gasteiger partial charge is 0.416 e. The maximum absolute atomic E-state index is 12.8. The summed E-state index contributed by atoms with van der Waals surface area (Å²) < 4.78 is 38.3. The Balaban J connectivity index is 1.67. The molecule has 0 aliphatic carbocycles. The first-order chi connectivity index (χ1) is 16.7. The number of hydrogen-bond donors (Lipinski definition) is 2. The van der Waals surface area contributed by atoms with Gasteiger partial charge in [0.1, 0.15) is 0 Å². The highest BCUT2D eigenvalue weighted by Gasteiger charge is 2.30. The first-order valence-corrected chi connectivity index (χ1v) is 11.1. The molecule has 0 aliphatic rings. The van der Waals surface area contributed by atoms with E-state index in [-0.39, 0.29) is 24.8 Å². The Morgan fingerprint density at radius 2 is 1.69 bits per heavy atom. The number of rotatable bonds is 10. The molecule has 3 rings (SSSR count). The van der Waals surface area contributed by atoms with Gasteiger partial charge in [-0.3, -0.25) is 14.6 Å². The predicted octanol–water partition coefficient (Wildman–Crippen LogP) is 4.89. The van der Waals surface area contributed by atoms with Crippen molar-refractivity contribution in [1.82, 2.24) is 20.3 Å². The fourth-order valence-electron chi connectivity index (χ4n) is 3.56. The molecule has 1 atom stereocenters. The Morgan fingerprint density at radius 1 is 1.00 bits per heavy atom. The molecular weight excluding hydrogens is 461 g/mol. The molecule has 2 N–H and O–H groups in total. The van der Waals surface area contributed by atoms with E-state index in [1.54, 1.807) is 24.5 Å². The molecule has 3 aromatic rings. The summed E-state index contributed by atoms with van der Waals surface area (Å²) in [5, 5.41) is 11.2. The van der Waals surface area contributed by atoms with Crippen molar-refractivity contribution in [3.8, 4) is 11.4 Å². The van der Waals surface area contributed by atoms with Crippen LogP contribution >= 0.6 is 0 Å². The fourth-order valence-corrected chi connectivity index (χ4v) is 3.56. The highest BCUT2D eigenvalue weighted by atomic mass is 19.4. The summed E-state index contributed by atoms with van der Waals surface area (Å²) in [6.45, 7) is 2.10. The van der Waals surface area contributed by atoms with Crippen LogP contribution in [0.15, 0.2) is 55.0 Å². The average molecular weight is 486 g/mol. The summed E-state index contributed by atoms with van der Waals surface area (Å²) in [7, 11) is 0. The molecule has 1 aromatic carbocycles. The summed E-state index contributed by atoms with van der Waals surface area (Å²) in [4.78, 5) is 35.7. The van der Waals surface area contributed by atoms with Crippen LogP contribution in [0.4, 0.5) is 13.2 Å². The number of carbonyl (C=O) groups excluding carboxylic acids is 1. The number of carbonyl (C=O) groups is 2. The number of aromatic nitrogens is 3. The maximum Gasteiger partial charge on any atom is 0.416 e. The van der Waals surface area contributed by atoms with Crippen LogP contribution in [0, 0.1) is 0 Å². The van der Waals surface area contributed by atoms with Gasteiger partial charge in [0, 0.05) is 36.4 Å². The lowest BCUT2D eigenvalue weighted by atomic mass is 9.91. The number of hydrogen-bond acceptors (Lipinski definition) is 5. The third-order valence-electron chi connectivity index (χ3n) is 5.42. The van der Waals surface area contributed by atoms with Crippen LogP contribution in [0.5, 0.6) is 0 Å². The second-order valence-electron chi connectivity index (χ2n) is 8.04. The van der Waals surface area contributed by atoms with Gasteiger partial charge in [-0.25, -0.2) is 9.97 Å². The molecule has 1 amide bonds. The molecule has 0 saturated carbocycles. The van der Waals surface area contributed by atoms with Gasteiger partial charge >= 0.3 is 12.1 Å². The van der Waals surface area contributed by atoms with Crippen molar-refractivity contribution < 1.29 is 27.9 Å². The van der Waals surface area contributed by atoms with Crippen LogP contribution in [0.25, 0.3) is 11.4 Å². The zero-order valence-corrected chi connectivity index (χ0v) is 19.0. The highest BCUT2D eigenvalue weighted by molar-refractivity contribution is 5.94. The number of nitrogens with one attached hydrogen (secondary N) is 1. The molecule has 184 valence electrons. The Morgan fingerprint density at radius 3 is 2.23 bits per heavy atom. The van der Waals surface area contributed by atoms with Gasteiger partial charge in [-0.15, -0.1) is 0 Å². The molecule has 2 heterocycles. The van der Waals surface area contributed by atoms with Gasteiger partial charge in [-0.05, 0) is 48.6 Å². The summed E-state index contributed by atoms with van der Waals surface area (Å²) in [6.07, 6.45) is 2.63. The minimum atomic E-state index is -4.40. The van der Waals surface area contributed by atoms with Crippen molar-refractivity contribution in [2.45, 2.75) is 44.7 Å². The summed E-state index contributed by atoms with van der Waals surface area (Å²) in [6, 6.07) is 8.12. The van der Waals surface area contributed by atoms with E-state index < -0.39 is 17.7 Å². The molecule has 0 aliphatic heterocycles. The zero-order valence-electron chi connectivity index (χ0n) is 19.0. The van der Waals surface area contributed by atoms with Crippen LogP contribution in [-0.2, 0) is 17.4 Å². The van der Waals surface area contributed by atoms with Crippen LogP contribution < -0.4 is 5.32 Å². The maximum atomic E-state index is 12.8. The van der Waals surface area contributed by atoms with E-state index in [0.29, 0.717) is 23.4 Å². The van der Waals surface area contributed by atoms with E-state index in [1.807, 2.05) is 0 Å². The van der Waals surface area contributed by atoms with Crippen LogP contribution in [-0.4, -0.2) is 38.5 Å². The predicted molar refractivity (Wildman–Crippen MR) is 123 cm³/mol. The van der Waals surface area contributed by atoms with E-state index in [4.69, 9.17) is 5.11 Å². The van der Waals surface area contributed by atoms with Gasteiger partial charge in [0.25, 0.3) is 5.91 Å². The van der Waals surface area contributed by atoms with E-state index in [9.17, 15) is 22.8 Å². The van der Waals surface area contributed by atoms with Gasteiger partial charge in [0.2, 0.25) is 0 Å². The zero-order chi connectivity index (χ0) is 25.4. The number of amides is 1. The monoisotopic (exact) mass is 486 g/mol. The molecule has 0 radical (unpaired) electrons. The van der Waals surface area contributed by atoms with E-state index in [1.165, 1.54) is 18.3 Å². The lowest BCUT2D eigenvalue weighted by Gasteiger charge is -2.16. The van der Waals surface area contributed by atoms with Gasteiger partial charge < -0.3 is 10.4 Å². The average Bonchev–Trinajstić information content (AvgIpc) is 2.83. The first-order valence-electron chi connectivity index (χ1n) is 11.1. The van der Waals surface area contributed by atoms with Crippen LogP contribution in [0.2, 0.25) is 0 Å². The number of alkyl halides is 3. The van der Waals surface area contributed by atoms with Crippen molar-refractivity contribution in [3.63, 3.8) is 0 Å². The molecule has 35 heavy (non-hydrogen) atoms. The Hall–Kier alpha value is -3.82. The van der Waals surface area contributed by atoms with E-state index >= 15 is 0 Å². The SMILES string of the molecule is CCC[C@@H](Cc1ccc(C(=O)NCCC(=O)O)cn1)c1cnc(-c2ccc(C(F)(F)F)cc2)nc1. The largest absolute Gasteiger partial charge is 0.481 e. The number of halogens is 3. The lowest BCUT2D eigenvalue weighted by Crippen LogP contribution is -2.26. The molecular formula is C25H25F3N4O3. The van der Waals surface area contributed by atoms with Crippen LogP contribution in [0.3, 0.4) is 0 Å². The number of nitrogens with zero attached hydrogens (tertiary/aromatic N) is 3. The number of carboxylic acids is 1. The second-order valence-corrected chi connectivity index (χ2v) is 8.04. The topological polar surface area (TPSA) is 105 Å². The van der Waals surface area contributed by atoms with Gasteiger partial charge in [-0.1, -0.05) is 25.5 Å². The van der Waals surface area contributed by atoms with E-state index in [2.05, 4.69) is 27.2 Å². The molecule has 7 nitrogen and oxygen atoms in total. The fraction of sp³-hybridized carbons (Fsp3) is 0.320. The van der Waals surface area contributed by atoms with Crippen molar-refractivity contribution in [3.05, 3.63) is 77.4 Å². The molecule has 0 fully saturated rings. The summed E-state index contributed by atoms with van der Waals surface area (Å²) >= 11 is 0. The molecule has 0 unspecified atom stereocenters. The molecule has 2 aromatic heterocycles. The molecule has 0 spiro atoms. The molecule has 0 saturated heterocycles. The van der Waals surface area contributed by atoms with Gasteiger partial charge in [-0.2, -0.15) is 13.2 Å². The lowest BCUT2D eigenvalue weighted by molar-refractivity contribution is -0.138. The third kappa shape index (κ3) is 7.33. The second kappa shape index (κ2) is 11.5. The Labute approximate surface area is 200 Å². The number of aliphatic carboxylic acids is 1. The van der Waals surface area contributed by atoms with Crippen molar-refractivity contribution >= 4 is 11.9 Å². The normalized spacial score (nSPS) is 12.2. The van der Waals surface area contributed by atoms with Crippen molar-refractivity contribution in [2.75, 3.05) is 6.54 Å². The highest BCUT2D eigenvalue weighted by Crippen LogP contribution is 2.31. The first kappa shape index (κ1) is 25.8. The number of carboxylic acid groups (broad SMARTS) is 1. The van der Waals surface area contributed by atoms with Crippen molar-refractivity contribution in [2.24, 2.45) is 0 Å². The minimum absolute atomic E-state index is 0.0387. The summed E-state index contributed by atoms with van der Waals surface area (Å²) in [5.41, 5.74) is 1.78. The number of pyridine rings is 1. The Kier molecular flexibility index (Phi) is 8.51. The van der Waals surface area contributed by atoms with E-state index in [0.717, 1.165) is 36.2 Å².